The fourth-order valence-electron chi connectivity index (χ4n) is 2.28. The number of phenols is 2. The van der Waals surface area contributed by atoms with Gasteiger partial charge in [-0.25, -0.2) is 0 Å². The number of hydrogen-bond donors (Lipinski definition) is 2. The van der Waals surface area contributed by atoms with Crippen molar-refractivity contribution in [1.29, 1.82) is 0 Å². The summed E-state index contributed by atoms with van der Waals surface area (Å²) in [7, 11) is 0. The molecule has 98 valence electrons. The lowest BCUT2D eigenvalue weighted by molar-refractivity contribution is 0.307. The van der Waals surface area contributed by atoms with E-state index < -0.39 is 0 Å². The van der Waals surface area contributed by atoms with Crippen LogP contribution >= 0.6 is 0 Å². The van der Waals surface area contributed by atoms with E-state index >= 15 is 0 Å². The van der Waals surface area contributed by atoms with Gasteiger partial charge >= 0.3 is 0 Å². The molecular formula is C15H15NO3. The van der Waals surface area contributed by atoms with E-state index in [2.05, 4.69) is 4.90 Å². The van der Waals surface area contributed by atoms with Crippen molar-refractivity contribution in [1.82, 2.24) is 0 Å². The van der Waals surface area contributed by atoms with E-state index in [0.717, 1.165) is 23.5 Å². The molecule has 0 aliphatic carbocycles. The molecule has 0 saturated carbocycles. The zero-order valence-electron chi connectivity index (χ0n) is 10.4. The highest BCUT2D eigenvalue weighted by Gasteiger charge is 2.17. The summed E-state index contributed by atoms with van der Waals surface area (Å²) in [5, 5.41) is 18.9. The van der Waals surface area contributed by atoms with E-state index in [9.17, 15) is 10.2 Å². The minimum atomic E-state index is -0.0915. The Balaban J connectivity index is 1.86. The highest BCUT2D eigenvalue weighted by molar-refractivity contribution is 5.60. The molecule has 0 unspecified atom stereocenters. The zero-order valence-corrected chi connectivity index (χ0v) is 10.4. The molecule has 4 heteroatoms. The highest BCUT2D eigenvalue weighted by atomic mass is 16.5. The minimum absolute atomic E-state index is 0.0842. The average Bonchev–Trinajstić information content (AvgIpc) is 2.43. The van der Waals surface area contributed by atoms with Gasteiger partial charge in [0.25, 0.3) is 0 Å². The molecule has 3 rings (SSSR count). The van der Waals surface area contributed by atoms with Gasteiger partial charge in [0.15, 0.2) is 11.5 Å². The smallest absolute Gasteiger partial charge is 0.157 e. The Bertz CT molecular complexity index is 598. The average molecular weight is 257 g/mol. The predicted molar refractivity (Wildman–Crippen MR) is 72.8 cm³/mol. The van der Waals surface area contributed by atoms with Crippen LogP contribution < -0.4 is 9.64 Å². The van der Waals surface area contributed by atoms with E-state index in [4.69, 9.17) is 4.74 Å². The lowest BCUT2D eigenvalue weighted by atomic mass is 10.1. The summed E-state index contributed by atoms with van der Waals surface area (Å²) in [6.07, 6.45) is 0. The van der Waals surface area contributed by atoms with Crippen LogP contribution in [0.15, 0.2) is 42.5 Å². The van der Waals surface area contributed by atoms with Gasteiger partial charge in [0, 0.05) is 6.54 Å². The molecule has 0 bridgehead atoms. The van der Waals surface area contributed by atoms with Crippen LogP contribution in [0.25, 0.3) is 0 Å². The number of aromatic hydroxyl groups is 2. The van der Waals surface area contributed by atoms with Crippen LogP contribution in [0.2, 0.25) is 0 Å². The molecular weight excluding hydrogens is 242 g/mol. The zero-order chi connectivity index (χ0) is 13.2. The predicted octanol–water partition coefficient (Wildman–Crippen LogP) is 2.50. The van der Waals surface area contributed by atoms with Crippen molar-refractivity contribution in [2.24, 2.45) is 0 Å². The summed E-state index contributed by atoms with van der Waals surface area (Å²) in [6, 6.07) is 12.8. The number of nitrogens with zero attached hydrogens (tertiary/aromatic N) is 1. The molecule has 0 fully saturated rings. The van der Waals surface area contributed by atoms with Crippen LogP contribution in [0.4, 0.5) is 5.69 Å². The van der Waals surface area contributed by atoms with Gasteiger partial charge in [-0.3, -0.25) is 0 Å². The van der Waals surface area contributed by atoms with Gasteiger partial charge in [-0.15, -0.1) is 0 Å². The van der Waals surface area contributed by atoms with E-state index in [-0.39, 0.29) is 11.5 Å². The Kier molecular flexibility index (Phi) is 2.91. The summed E-state index contributed by atoms with van der Waals surface area (Å²) >= 11 is 0. The Morgan fingerprint density at radius 1 is 1.05 bits per heavy atom. The van der Waals surface area contributed by atoms with Crippen molar-refractivity contribution >= 4 is 5.69 Å². The molecule has 0 aromatic heterocycles. The van der Waals surface area contributed by atoms with Crippen LogP contribution in [-0.2, 0) is 6.54 Å². The van der Waals surface area contributed by atoms with Crippen molar-refractivity contribution < 1.29 is 14.9 Å². The van der Waals surface area contributed by atoms with E-state index in [1.807, 2.05) is 30.3 Å². The third-order valence-corrected chi connectivity index (χ3v) is 3.24. The standard InChI is InChI=1S/C15H15NO3/c17-13-6-5-11(9-14(13)18)10-16-7-8-19-15-4-2-1-3-12(15)16/h1-6,9,17-18H,7-8,10H2. The van der Waals surface area contributed by atoms with Gasteiger partial charge in [-0.2, -0.15) is 0 Å². The molecule has 0 amide bonds. The third-order valence-electron chi connectivity index (χ3n) is 3.24. The van der Waals surface area contributed by atoms with E-state index in [1.54, 1.807) is 6.07 Å². The molecule has 2 aromatic rings. The third kappa shape index (κ3) is 2.29. The lowest BCUT2D eigenvalue weighted by Gasteiger charge is -2.31. The first-order valence-electron chi connectivity index (χ1n) is 6.22. The molecule has 2 N–H and O–H groups in total. The number of hydrogen-bond acceptors (Lipinski definition) is 4. The summed E-state index contributed by atoms with van der Waals surface area (Å²) in [5.41, 5.74) is 2.01. The fourth-order valence-corrected chi connectivity index (χ4v) is 2.28. The Morgan fingerprint density at radius 2 is 1.89 bits per heavy atom. The monoisotopic (exact) mass is 257 g/mol. The maximum absolute atomic E-state index is 9.53. The number of rotatable bonds is 2. The van der Waals surface area contributed by atoms with Crippen LogP contribution in [-0.4, -0.2) is 23.4 Å². The maximum Gasteiger partial charge on any atom is 0.157 e. The van der Waals surface area contributed by atoms with E-state index in [0.29, 0.717) is 13.2 Å². The topological polar surface area (TPSA) is 52.9 Å². The number of para-hydroxylation sites is 2. The number of benzene rings is 2. The number of phenolic OH excluding ortho intramolecular Hbond substituents is 2. The molecule has 0 atom stereocenters. The highest BCUT2D eigenvalue weighted by Crippen LogP contribution is 2.33. The van der Waals surface area contributed by atoms with Crippen LogP contribution in [0.1, 0.15) is 5.56 Å². The molecule has 4 nitrogen and oxygen atoms in total. The number of ether oxygens (including phenoxy) is 1. The van der Waals surface area contributed by atoms with E-state index in [1.165, 1.54) is 6.07 Å². The Labute approximate surface area is 111 Å². The first kappa shape index (κ1) is 11.7. The number of fused-ring (bicyclic) bond motifs is 1. The SMILES string of the molecule is Oc1ccc(CN2CCOc3ccccc32)cc1O. The maximum atomic E-state index is 9.53. The van der Waals surface area contributed by atoms with Gasteiger partial charge in [0.1, 0.15) is 12.4 Å². The second-order valence-electron chi connectivity index (χ2n) is 4.56. The van der Waals surface area contributed by atoms with Crippen LogP contribution in [0, 0.1) is 0 Å². The molecule has 2 aromatic carbocycles. The van der Waals surface area contributed by atoms with Gasteiger partial charge in [0.05, 0.1) is 12.2 Å². The molecule has 19 heavy (non-hydrogen) atoms. The minimum Gasteiger partial charge on any atom is -0.504 e. The van der Waals surface area contributed by atoms with Crippen molar-refractivity contribution in [3.8, 4) is 17.2 Å². The fraction of sp³-hybridized carbons (Fsp3) is 0.200. The normalized spacial score (nSPS) is 13.8. The molecule has 0 spiro atoms. The Hall–Kier alpha value is -2.36. The number of anilines is 1. The lowest BCUT2D eigenvalue weighted by Crippen LogP contribution is -2.32. The molecule has 1 aliphatic heterocycles. The second-order valence-corrected chi connectivity index (χ2v) is 4.56. The Morgan fingerprint density at radius 3 is 2.74 bits per heavy atom. The summed E-state index contributed by atoms with van der Waals surface area (Å²) in [5.74, 6) is 0.710. The summed E-state index contributed by atoms with van der Waals surface area (Å²) in [4.78, 5) is 2.20. The molecule has 1 heterocycles. The van der Waals surface area contributed by atoms with Gasteiger partial charge in [-0.05, 0) is 29.8 Å². The largest absolute Gasteiger partial charge is 0.504 e. The van der Waals surface area contributed by atoms with Crippen molar-refractivity contribution in [3.05, 3.63) is 48.0 Å². The quantitative estimate of drug-likeness (QED) is 0.812. The van der Waals surface area contributed by atoms with Crippen LogP contribution in [0.5, 0.6) is 17.2 Å². The van der Waals surface area contributed by atoms with Gasteiger partial charge in [0.2, 0.25) is 0 Å². The van der Waals surface area contributed by atoms with Gasteiger partial charge in [-0.1, -0.05) is 18.2 Å². The molecule has 1 aliphatic rings. The van der Waals surface area contributed by atoms with Crippen molar-refractivity contribution in [2.75, 3.05) is 18.1 Å². The van der Waals surface area contributed by atoms with Gasteiger partial charge < -0.3 is 19.8 Å². The summed E-state index contributed by atoms with van der Waals surface area (Å²) in [6.45, 7) is 2.13. The second kappa shape index (κ2) is 4.72. The van der Waals surface area contributed by atoms with Crippen molar-refractivity contribution in [2.45, 2.75) is 6.54 Å². The molecule has 0 saturated heterocycles. The molecule has 0 radical (unpaired) electrons. The van der Waals surface area contributed by atoms with Crippen LogP contribution in [0.3, 0.4) is 0 Å². The first-order chi connectivity index (χ1) is 9.24. The van der Waals surface area contributed by atoms with Crippen molar-refractivity contribution in [3.63, 3.8) is 0 Å². The summed E-state index contributed by atoms with van der Waals surface area (Å²) < 4.78 is 5.60. The first-order valence-corrected chi connectivity index (χ1v) is 6.22.